The van der Waals surface area contributed by atoms with Gasteiger partial charge in [-0.2, -0.15) is 0 Å². The zero-order valence-corrected chi connectivity index (χ0v) is 18.4. The van der Waals surface area contributed by atoms with Gasteiger partial charge in [-0.15, -0.1) is 0 Å². The van der Waals surface area contributed by atoms with Crippen molar-refractivity contribution in [1.29, 1.82) is 0 Å². The topological polar surface area (TPSA) is 69.7 Å². The lowest BCUT2D eigenvalue weighted by molar-refractivity contribution is 0.0623. The Morgan fingerprint density at radius 2 is 1.70 bits per heavy atom. The van der Waals surface area contributed by atoms with Crippen LogP contribution < -0.4 is 4.72 Å². The van der Waals surface area contributed by atoms with Gasteiger partial charge >= 0.3 is 0 Å². The summed E-state index contributed by atoms with van der Waals surface area (Å²) in [6, 6.07) is 9.60. The molecule has 2 aromatic rings. The molecule has 0 atom stereocenters. The third-order valence-electron chi connectivity index (χ3n) is 5.13. The SMILES string of the molecule is Cc1ccc(S(=O)(=O)Nc2ccc(F)cc2)cc1C(=O)N1CCN(CC(C)C)CC1. The Bertz CT molecular complexity index is 999. The van der Waals surface area contributed by atoms with Crippen LogP contribution in [0.25, 0.3) is 0 Å². The molecule has 1 aliphatic rings. The van der Waals surface area contributed by atoms with Crippen molar-refractivity contribution in [3.05, 3.63) is 59.4 Å². The molecule has 0 aromatic heterocycles. The summed E-state index contributed by atoms with van der Waals surface area (Å²) in [7, 11) is -3.90. The van der Waals surface area contributed by atoms with Crippen LogP contribution in [0.5, 0.6) is 0 Å². The number of hydrogen-bond donors (Lipinski definition) is 1. The van der Waals surface area contributed by atoms with Gasteiger partial charge in [0.1, 0.15) is 5.82 Å². The van der Waals surface area contributed by atoms with Gasteiger partial charge in [0.25, 0.3) is 15.9 Å². The van der Waals surface area contributed by atoms with E-state index in [2.05, 4.69) is 23.5 Å². The van der Waals surface area contributed by atoms with Crippen LogP contribution in [0.3, 0.4) is 0 Å². The molecule has 0 saturated carbocycles. The molecule has 0 spiro atoms. The molecule has 0 aliphatic carbocycles. The highest BCUT2D eigenvalue weighted by Gasteiger charge is 2.25. The highest BCUT2D eigenvalue weighted by atomic mass is 32.2. The second-order valence-corrected chi connectivity index (χ2v) is 9.76. The number of nitrogens with one attached hydrogen (secondary N) is 1. The van der Waals surface area contributed by atoms with Gasteiger partial charge in [0.2, 0.25) is 0 Å². The number of rotatable bonds is 6. The number of aryl methyl sites for hydroxylation is 1. The van der Waals surface area contributed by atoms with Crippen LogP contribution >= 0.6 is 0 Å². The van der Waals surface area contributed by atoms with Gasteiger partial charge in [0, 0.05) is 44.0 Å². The van der Waals surface area contributed by atoms with E-state index in [4.69, 9.17) is 0 Å². The van der Waals surface area contributed by atoms with Crippen molar-refractivity contribution in [3.63, 3.8) is 0 Å². The molecule has 162 valence electrons. The monoisotopic (exact) mass is 433 g/mol. The summed E-state index contributed by atoms with van der Waals surface area (Å²) in [6.45, 7) is 10.0. The van der Waals surface area contributed by atoms with Gasteiger partial charge in [0.05, 0.1) is 4.90 Å². The van der Waals surface area contributed by atoms with Crippen molar-refractivity contribution in [2.75, 3.05) is 37.4 Å². The van der Waals surface area contributed by atoms with Crippen molar-refractivity contribution in [3.8, 4) is 0 Å². The lowest BCUT2D eigenvalue weighted by atomic mass is 10.1. The molecule has 0 bridgehead atoms. The summed E-state index contributed by atoms with van der Waals surface area (Å²) in [5, 5.41) is 0. The smallest absolute Gasteiger partial charge is 0.261 e. The Labute approximate surface area is 177 Å². The number of sulfonamides is 1. The van der Waals surface area contributed by atoms with Crippen molar-refractivity contribution in [2.24, 2.45) is 5.92 Å². The molecule has 6 nitrogen and oxygen atoms in total. The Hall–Kier alpha value is -2.45. The molecule has 2 aromatic carbocycles. The zero-order valence-electron chi connectivity index (χ0n) is 17.6. The first-order valence-electron chi connectivity index (χ1n) is 10.1. The average molecular weight is 434 g/mol. The molecule has 1 fully saturated rings. The van der Waals surface area contributed by atoms with Crippen LogP contribution in [-0.2, 0) is 10.0 Å². The highest BCUT2D eigenvalue weighted by molar-refractivity contribution is 7.92. The number of benzene rings is 2. The van der Waals surface area contributed by atoms with Crippen LogP contribution in [-0.4, -0.2) is 56.8 Å². The van der Waals surface area contributed by atoms with Crippen LogP contribution in [0.4, 0.5) is 10.1 Å². The minimum Gasteiger partial charge on any atom is -0.336 e. The predicted octanol–water partition coefficient (Wildman–Crippen LogP) is 3.35. The van der Waals surface area contributed by atoms with Crippen LogP contribution in [0.2, 0.25) is 0 Å². The zero-order chi connectivity index (χ0) is 21.9. The van der Waals surface area contributed by atoms with Crippen molar-refractivity contribution >= 4 is 21.6 Å². The van der Waals surface area contributed by atoms with Crippen molar-refractivity contribution in [2.45, 2.75) is 25.7 Å². The summed E-state index contributed by atoms with van der Waals surface area (Å²) in [6.07, 6.45) is 0. The number of carbonyl (C=O) groups excluding carboxylic acids is 1. The average Bonchev–Trinajstić information content (AvgIpc) is 2.69. The second kappa shape index (κ2) is 9.14. The maximum atomic E-state index is 13.1. The van der Waals surface area contributed by atoms with E-state index in [0.29, 0.717) is 24.6 Å². The summed E-state index contributed by atoms with van der Waals surface area (Å²) >= 11 is 0. The quantitative estimate of drug-likeness (QED) is 0.759. The lowest BCUT2D eigenvalue weighted by Crippen LogP contribution is -2.49. The van der Waals surface area contributed by atoms with Gasteiger partial charge in [-0.1, -0.05) is 19.9 Å². The number of nitrogens with zero attached hydrogens (tertiary/aromatic N) is 2. The third kappa shape index (κ3) is 5.37. The van der Waals surface area contributed by atoms with Gasteiger partial charge in [-0.05, 0) is 54.8 Å². The van der Waals surface area contributed by atoms with E-state index in [-0.39, 0.29) is 16.5 Å². The number of carbonyl (C=O) groups is 1. The predicted molar refractivity (Wildman–Crippen MR) is 116 cm³/mol. The molecular weight excluding hydrogens is 405 g/mol. The van der Waals surface area contributed by atoms with E-state index in [0.717, 1.165) is 25.2 Å². The normalized spacial score (nSPS) is 15.4. The van der Waals surface area contributed by atoms with Crippen LogP contribution in [0, 0.1) is 18.7 Å². The Morgan fingerprint density at radius 1 is 1.07 bits per heavy atom. The summed E-state index contributed by atoms with van der Waals surface area (Å²) in [5.41, 5.74) is 1.37. The Kier molecular flexibility index (Phi) is 6.77. The van der Waals surface area contributed by atoms with Crippen molar-refractivity contribution < 1.29 is 17.6 Å². The largest absolute Gasteiger partial charge is 0.336 e. The first kappa shape index (κ1) is 22.2. The molecule has 1 saturated heterocycles. The van der Waals surface area contributed by atoms with Gasteiger partial charge in [-0.3, -0.25) is 14.4 Å². The fourth-order valence-corrected chi connectivity index (χ4v) is 4.64. The van der Waals surface area contributed by atoms with Crippen LogP contribution in [0.15, 0.2) is 47.4 Å². The second-order valence-electron chi connectivity index (χ2n) is 8.08. The molecule has 1 aliphatic heterocycles. The summed E-state index contributed by atoms with van der Waals surface area (Å²) in [5.74, 6) is -0.0322. The van der Waals surface area contributed by atoms with E-state index in [9.17, 15) is 17.6 Å². The summed E-state index contributed by atoms with van der Waals surface area (Å²) in [4.78, 5) is 17.2. The maximum absolute atomic E-state index is 13.1. The third-order valence-corrected chi connectivity index (χ3v) is 6.51. The number of anilines is 1. The molecular formula is C22H28FN3O3S. The first-order valence-corrected chi connectivity index (χ1v) is 11.5. The summed E-state index contributed by atoms with van der Waals surface area (Å²) < 4.78 is 41.0. The number of piperazine rings is 1. The van der Waals surface area contributed by atoms with Gasteiger partial charge in [0.15, 0.2) is 0 Å². The minimum absolute atomic E-state index is 0.000723. The van der Waals surface area contributed by atoms with E-state index >= 15 is 0 Å². The minimum atomic E-state index is -3.90. The highest BCUT2D eigenvalue weighted by Crippen LogP contribution is 2.21. The van der Waals surface area contributed by atoms with Crippen LogP contribution in [0.1, 0.15) is 29.8 Å². The number of halogens is 1. The number of hydrogen-bond acceptors (Lipinski definition) is 4. The van der Waals surface area contributed by atoms with E-state index in [1.54, 1.807) is 17.9 Å². The molecule has 1 heterocycles. The van der Waals surface area contributed by atoms with E-state index < -0.39 is 15.8 Å². The first-order chi connectivity index (χ1) is 14.2. The number of amides is 1. The Morgan fingerprint density at radius 3 is 2.30 bits per heavy atom. The van der Waals surface area contributed by atoms with Crippen molar-refractivity contribution in [1.82, 2.24) is 9.80 Å². The maximum Gasteiger partial charge on any atom is 0.261 e. The Balaban J connectivity index is 1.76. The van der Waals surface area contributed by atoms with Gasteiger partial charge < -0.3 is 4.90 Å². The molecule has 0 unspecified atom stereocenters. The molecule has 1 amide bonds. The molecule has 3 rings (SSSR count). The molecule has 1 N–H and O–H groups in total. The molecule has 30 heavy (non-hydrogen) atoms. The standard InChI is InChI=1S/C22H28FN3O3S/c1-16(2)15-25-10-12-26(13-11-25)22(27)21-14-20(9-4-17(21)3)30(28,29)24-19-7-5-18(23)6-8-19/h4-9,14,16,24H,10-13,15H2,1-3H3. The fourth-order valence-electron chi connectivity index (χ4n) is 3.55. The van der Waals surface area contributed by atoms with E-state index in [1.165, 1.54) is 36.4 Å². The fraction of sp³-hybridized carbons (Fsp3) is 0.409. The lowest BCUT2D eigenvalue weighted by Gasteiger charge is -2.35. The van der Waals surface area contributed by atoms with E-state index in [1.807, 2.05) is 0 Å². The molecule has 8 heteroatoms. The molecule has 0 radical (unpaired) electrons. The van der Waals surface area contributed by atoms with Gasteiger partial charge in [-0.25, -0.2) is 12.8 Å².